The van der Waals surface area contributed by atoms with Crippen molar-refractivity contribution in [2.75, 3.05) is 0 Å². The lowest BCUT2D eigenvalue weighted by atomic mass is 10.00. The van der Waals surface area contributed by atoms with E-state index < -0.39 is 0 Å². The summed E-state index contributed by atoms with van der Waals surface area (Å²) in [4.78, 5) is 10.6. The van der Waals surface area contributed by atoms with Gasteiger partial charge in [0.15, 0.2) is 0 Å². The van der Waals surface area contributed by atoms with Crippen LogP contribution in [0.4, 0.5) is 0 Å². The molecule has 0 aliphatic carbocycles. The standard InChI is InChI=1S/C50H32N4/c1-3-14-33(15-4-1)34-16-13-17-37(30-34)49-42-22-7-10-23-44(42)51-50(52-49)54-46-25-12-9-21-40(46)43-31-35(27-29-47(43)54)36-26-28-41-39-20-8-11-24-45(39)53(48(41)32-36)38-18-5-2-6-19-38/h1-32H. The Morgan fingerprint density at radius 1 is 0.296 bits per heavy atom. The van der Waals surface area contributed by atoms with Gasteiger partial charge in [0, 0.05) is 38.2 Å². The molecule has 11 aromatic rings. The monoisotopic (exact) mass is 688 g/mol. The molecule has 0 N–H and O–H groups in total. The highest BCUT2D eigenvalue weighted by Gasteiger charge is 2.19. The van der Waals surface area contributed by atoms with Crippen molar-refractivity contribution < 1.29 is 0 Å². The fraction of sp³-hybridized carbons (Fsp3) is 0. The Hall–Kier alpha value is -7.30. The Labute approximate surface area is 311 Å². The molecule has 4 nitrogen and oxygen atoms in total. The maximum Gasteiger partial charge on any atom is 0.235 e. The molecule has 4 heteroatoms. The van der Waals surface area contributed by atoms with Gasteiger partial charge in [-0.3, -0.25) is 4.57 Å². The summed E-state index contributed by atoms with van der Waals surface area (Å²) in [5.41, 5.74) is 13.2. The summed E-state index contributed by atoms with van der Waals surface area (Å²) in [5.74, 6) is 0.654. The van der Waals surface area contributed by atoms with Crippen molar-refractivity contribution in [2.24, 2.45) is 0 Å². The van der Waals surface area contributed by atoms with Crippen molar-refractivity contribution >= 4 is 54.5 Å². The number of nitrogens with zero attached hydrogens (tertiary/aromatic N) is 4. The van der Waals surface area contributed by atoms with Crippen LogP contribution in [-0.2, 0) is 0 Å². The second kappa shape index (κ2) is 12.1. The molecule has 8 aromatic carbocycles. The van der Waals surface area contributed by atoms with Gasteiger partial charge in [0.05, 0.1) is 33.3 Å². The molecule has 0 bridgehead atoms. The summed E-state index contributed by atoms with van der Waals surface area (Å²) in [7, 11) is 0. The molecule has 0 radical (unpaired) electrons. The minimum absolute atomic E-state index is 0.654. The van der Waals surface area contributed by atoms with E-state index in [0.717, 1.165) is 55.4 Å². The van der Waals surface area contributed by atoms with Gasteiger partial charge in [-0.05, 0) is 76.9 Å². The Morgan fingerprint density at radius 3 is 1.67 bits per heavy atom. The van der Waals surface area contributed by atoms with Crippen LogP contribution in [0.5, 0.6) is 0 Å². The lowest BCUT2D eigenvalue weighted by Crippen LogP contribution is -2.03. The summed E-state index contributed by atoms with van der Waals surface area (Å²) >= 11 is 0. The van der Waals surface area contributed by atoms with Crippen molar-refractivity contribution in [3.63, 3.8) is 0 Å². The predicted octanol–water partition coefficient (Wildman–Crippen LogP) is 12.8. The van der Waals surface area contributed by atoms with Crippen LogP contribution in [0.1, 0.15) is 0 Å². The fourth-order valence-corrected chi connectivity index (χ4v) is 8.23. The molecule has 0 aliphatic heterocycles. The van der Waals surface area contributed by atoms with Crippen LogP contribution in [0.3, 0.4) is 0 Å². The van der Waals surface area contributed by atoms with Gasteiger partial charge >= 0.3 is 0 Å². The zero-order chi connectivity index (χ0) is 35.6. The topological polar surface area (TPSA) is 35.6 Å². The summed E-state index contributed by atoms with van der Waals surface area (Å²) in [6, 6.07) is 69.1. The van der Waals surface area contributed by atoms with Crippen molar-refractivity contribution in [3.8, 4) is 45.1 Å². The largest absolute Gasteiger partial charge is 0.309 e. The summed E-state index contributed by atoms with van der Waals surface area (Å²) in [6.45, 7) is 0. The normalized spacial score (nSPS) is 11.7. The third-order valence-corrected chi connectivity index (χ3v) is 10.7. The van der Waals surface area contributed by atoms with Crippen LogP contribution in [0, 0.1) is 0 Å². The van der Waals surface area contributed by atoms with Crippen molar-refractivity contribution in [2.45, 2.75) is 0 Å². The van der Waals surface area contributed by atoms with Crippen molar-refractivity contribution in [3.05, 3.63) is 194 Å². The Balaban J connectivity index is 1.10. The number of fused-ring (bicyclic) bond motifs is 7. The lowest BCUT2D eigenvalue weighted by molar-refractivity contribution is 1.01. The van der Waals surface area contributed by atoms with E-state index in [1.54, 1.807) is 0 Å². The number of para-hydroxylation sites is 4. The van der Waals surface area contributed by atoms with Crippen molar-refractivity contribution in [1.29, 1.82) is 0 Å². The molecule has 11 rings (SSSR count). The quantitative estimate of drug-likeness (QED) is 0.180. The predicted molar refractivity (Wildman–Crippen MR) is 225 cm³/mol. The molecule has 0 spiro atoms. The van der Waals surface area contributed by atoms with Gasteiger partial charge in [-0.25, -0.2) is 9.97 Å². The summed E-state index contributed by atoms with van der Waals surface area (Å²) in [5, 5.41) is 5.85. The van der Waals surface area contributed by atoms with Crippen LogP contribution < -0.4 is 0 Å². The van der Waals surface area contributed by atoms with Gasteiger partial charge in [-0.1, -0.05) is 140 Å². The third-order valence-electron chi connectivity index (χ3n) is 10.7. The van der Waals surface area contributed by atoms with Gasteiger partial charge in [0.2, 0.25) is 5.95 Å². The summed E-state index contributed by atoms with van der Waals surface area (Å²) < 4.78 is 4.60. The van der Waals surface area contributed by atoms with Crippen LogP contribution in [0.2, 0.25) is 0 Å². The number of aromatic nitrogens is 4. The first-order valence-corrected chi connectivity index (χ1v) is 18.3. The molecule has 0 atom stereocenters. The highest BCUT2D eigenvalue weighted by atomic mass is 15.2. The average Bonchev–Trinajstić information content (AvgIpc) is 3.76. The summed E-state index contributed by atoms with van der Waals surface area (Å²) in [6.07, 6.45) is 0. The second-order valence-electron chi connectivity index (χ2n) is 13.8. The maximum atomic E-state index is 5.37. The zero-order valence-corrected chi connectivity index (χ0v) is 29.3. The fourth-order valence-electron chi connectivity index (χ4n) is 8.23. The molecule has 0 aliphatic rings. The number of benzene rings is 8. The highest BCUT2D eigenvalue weighted by Crippen LogP contribution is 2.39. The van der Waals surface area contributed by atoms with Gasteiger partial charge in [0.1, 0.15) is 0 Å². The van der Waals surface area contributed by atoms with Crippen LogP contribution in [0.15, 0.2) is 194 Å². The van der Waals surface area contributed by atoms with E-state index in [1.807, 2.05) is 0 Å². The lowest BCUT2D eigenvalue weighted by Gasteiger charge is -2.13. The molecule has 0 fully saturated rings. The molecule has 0 saturated carbocycles. The molecular formula is C50H32N4. The molecule has 252 valence electrons. The van der Waals surface area contributed by atoms with Crippen molar-refractivity contribution in [1.82, 2.24) is 19.1 Å². The Kier molecular flexibility index (Phi) is 6.82. The van der Waals surface area contributed by atoms with E-state index in [-0.39, 0.29) is 0 Å². The molecular weight excluding hydrogens is 657 g/mol. The molecule has 0 saturated heterocycles. The smallest absolute Gasteiger partial charge is 0.235 e. The molecule has 0 unspecified atom stereocenters. The van der Waals surface area contributed by atoms with Crippen LogP contribution >= 0.6 is 0 Å². The Morgan fingerprint density at radius 2 is 0.852 bits per heavy atom. The zero-order valence-electron chi connectivity index (χ0n) is 29.3. The van der Waals surface area contributed by atoms with E-state index in [0.29, 0.717) is 5.95 Å². The molecule has 3 aromatic heterocycles. The van der Waals surface area contributed by atoms with E-state index in [1.165, 1.54) is 38.3 Å². The van der Waals surface area contributed by atoms with Gasteiger partial charge < -0.3 is 4.57 Å². The van der Waals surface area contributed by atoms with E-state index >= 15 is 0 Å². The first-order chi connectivity index (χ1) is 26.8. The third kappa shape index (κ3) is 4.78. The van der Waals surface area contributed by atoms with Crippen LogP contribution in [0.25, 0.3) is 99.7 Å². The second-order valence-corrected chi connectivity index (χ2v) is 13.8. The first-order valence-electron chi connectivity index (χ1n) is 18.3. The Bertz CT molecular complexity index is 3210. The van der Waals surface area contributed by atoms with E-state index in [4.69, 9.17) is 9.97 Å². The van der Waals surface area contributed by atoms with E-state index in [9.17, 15) is 0 Å². The highest BCUT2D eigenvalue weighted by molar-refractivity contribution is 6.12. The molecule has 3 heterocycles. The number of rotatable bonds is 5. The minimum atomic E-state index is 0.654. The number of hydrogen-bond acceptors (Lipinski definition) is 2. The average molecular weight is 689 g/mol. The van der Waals surface area contributed by atoms with Gasteiger partial charge in [-0.2, -0.15) is 0 Å². The van der Waals surface area contributed by atoms with E-state index in [2.05, 4.69) is 203 Å². The SMILES string of the molecule is c1ccc(-c2cccc(-c3nc(-n4c5ccccc5c5cc(-c6ccc7c8ccccc8n(-c8ccccc8)c7c6)ccc54)nc4ccccc34)c2)cc1. The minimum Gasteiger partial charge on any atom is -0.309 e. The van der Waals surface area contributed by atoms with Crippen LogP contribution in [-0.4, -0.2) is 19.1 Å². The van der Waals surface area contributed by atoms with Gasteiger partial charge in [0.25, 0.3) is 0 Å². The van der Waals surface area contributed by atoms with Gasteiger partial charge in [-0.15, -0.1) is 0 Å². The molecule has 54 heavy (non-hydrogen) atoms. The number of hydrogen-bond donors (Lipinski definition) is 0. The first kappa shape index (κ1) is 30.3. The maximum absolute atomic E-state index is 5.37. The molecule has 0 amide bonds.